The number of phenols is 1. The van der Waals surface area contributed by atoms with Gasteiger partial charge in [-0.3, -0.25) is 4.79 Å². The zero-order valence-corrected chi connectivity index (χ0v) is 14.6. The highest BCUT2D eigenvalue weighted by molar-refractivity contribution is 6.04. The quantitative estimate of drug-likeness (QED) is 0.529. The molecule has 0 spiro atoms. The molecule has 4 aromatic rings. The number of rotatable bonds is 4. The molecule has 0 aliphatic heterocycles. The summed E-state index contributed by atoms with van der Waals surface area (Å²) >= 11 is 0. The number of aromatic nitrogens is 2. The van der Waals surface area contributed by atoms with Crippen molar-refractivity contribution in [2.75, 3.05) is 5.32 Å². The second-order valence-electron chi connectivity index (χ2n) is 6.11. The van der Waals surface area contributed by atoms with Crippen LogP contribution < -0.4 is 5.32 Å². The number of carbonyl (C=O) groups excluding carboxylic acids is 1. The predicted molar refractivity (Wildman–Crippen MR) is 102 cm³/mol. The maximum absolute atomic E-state index is 12.9. The Bertz CT molecular complexity index is 1080. The van der Waals surface area contributed by atoms with E-state index in [2.05, 4.69) is 10.4 Å². The average molecular weight is 359 g/mol. The Morgan fingerprint density at radius 1 is 1.07 bits per heavy atom. The lowest BCUT2D eigenvalue weighted by Crippen LogP contribution is -2.17. The van der Waals surface area contributed by atoms with Crippen LogP contribution in [0.15, 0.2) is 77.4 Å². The van der Waals surface area contributed by atoms with Gasteiger partial charge in [-0.2, -0.15) is 5.10 Å². The normalized spacial score (nSPS) is 10.7. The Hall–Kier alpha value is -3.80. The molecule has 2 N–H and O–H groups in total. The van der Waals surface area contributed by atoms with Gasteiger partial charge in [-0.15, -0.1) is 0 Å². The topological polar surface area (TPSA) is 80.3 Å². The van der Waals surface area contributed by atoms with Gasteiger partial charge >= 0.3 is 0 Å². The number of aryl methyl sites for hydroxylation is 1. The molecule has 0 aliphatic rings. The van der Waals surface area contributed by atoms with Gasteiger partial charge in [0.15, 0.2) is 5.76 Å². The SMILES string of the molecule is Cc1ccc(NC(=O)c2cc(-c3ccco3)nn2-c2ccccc2)c(O)c1. The molecular weight excluding hydrogens is 342 g/mol. The van der Waals surface area contributed by atoms with Crippen molar-refractivity contribution in [3.8, 4) is 22.9 Å². The monoisotopic (exact) mass is 359 g/mol. The van der Waals surface area contributed by atoms with Crippen LogP contribution in [0.2, 0.25) is 0 Å². The van der Waals surface area contributed by atoms with Crippen molar-refractivity contribution in [3.63, 3.8) is 0 Å². The number of carbonyl (C=O) groups is 1. The second-order valence-corrected chi connectivity index (χ2v) is 6.11. The van der Waals surface area contributed by atoms with E-state index in [0.29, 0.717) is 22.8 Å². The lowest BCUT2D eigenvalue weighted by molar-refractivity contribution is 0.101. The van der Waals surface area contributed by atoms with Gasteiger partial charge in [0, 0.05) is 6.07 Å². The van der Waals surface area contributed by atoms with Crippen LogP contribution in [0.25, 0.3) is 17.1 Å². The first-order chi connectivity index (χ1) is 13.1. The summed E-state index contributed by atoms with van der Waals surface area (Å²) in [4.78, 5) is 12.9. The van der Waals surface area contributed by atoms with E-state index in [1.165, 1.54) is 0 Å². The van der Waals surface area contributed by atoms with Gasteiger partial charge in [-0.1, -0.05) is 24.3 Å². The van der Waals surface area contributed by atoms with Crippen molar-refractivity contribution < 1.29 is 14.3 Å². The molecule has 1 amide bonds. The van der Waals surface area contributed by atoms with Gasteiger partial charge in [0.25, 0.3) is 5.91 Å². The first-order valence-corrected chi connectivity index (χ1v) is 8.42. The highest BCUT2D eigenvalue weighted by Gasteiger charge is 2.19. The lowest BCUT2D eigenvalue weighted by atomic mass is 10.2. The molecule has 2 heterocycles. The first kappa shape index (κ1) is 16.7. The zero-order valence-electron chi connectivity index (χ0n) is 14.6. The Morgan fingerprint density at radius 3 is 2.59 bits per heavy atom. The molecule has 6 nitrogen and oxygen atoms in total. The van der Waals surface area contributed by atoms with E-state index in [-0.39, 0.29) is 11.7 Å². The molecule has 0 aliphatic carbocycles. The fraction of sp³-hybridized carbons (Fsp3) is 0.0476. The first-order valence-electron chi connectivity index (χ1n) is 8.42. The molecule has 2 aromatic heterocycles. The summed E-state index contributed by atoms with van der Waals surface area (Å²) in [6.07, 6.45) is 1.56. The number of hydrogen-bond donors (Lipinski definition) is 2. The predicted octanol–water partition coefficient (Wildman–Crippen LogP) is 4.40. The van der Waals surface area contributed by atoms with E-state index in [1.54, 1.807) is 41.3 Å². The van der Waals surface area contributed by atoms with Gasteiger partial charge in [-0.25, -0.2) is 4.68 Å². The molecule has 0 bridgehead atoms. The van der Waals surface area contributed by atoms with E-state index in [9.17, 15) is 9.90 Å². The van der Waals surface area contributed by atoms with E-state index in [4.69, 9.17) is 4.42 Å². The Balaban J connectivity index is 1.75. The lowest BCUT2D eigenvalue weighted by Gasteiger charge is -2.10. The molecule has 2 aromatic carbocycles. The number of para-hydroxylation sites is 1. The standard InChI is InChI=1S/C21H17N3O3/c1-14-9-10-16(19(25)12-14)22-21(26)18-13-17(20-8-5-11-27-20)23-24(18)15-6-3-2-4-7-15/h2-13,25H,1H3,(H,22,26). The minimum Gasteiger partial charge on any atom is -0.506 e. The number of furan rings is 1. The summed E-state index contributed by atoms with van der Waals surface area (Å²) in [7, 11) is 0. The smallest absolute Gasteiger partial charge is 0.274 e. The van der Waals surface area contributed by atoms with E-state index < -0.39 is 0 Å². The molecular formula is C21H17N3O3. The van der Waals surface area contributed by atoms with Gasteiger partial charge in [0.05, 0.1) is 17.6 Å². The number of benzene rings is 2. The molecule has 134 valence electrons. The van der Waals surface area contributed by atoms with Crippen LogP contribution in [0.1, 0.15) is 16.1 Å². The molecule has 0 saturated heterocycles. The summed E-state index contributed by atoms with van der Waals surface area (Å²) in [6.45, 7) is 1.87. The highest BCUT2D eigenvalue weighted by atomic mass is 16.3. The summed E-state index contributed by atoms with van der Waals surface area (Å²) < 4.78 is 6.96. The number of phenolic OH excluding ortho intramolecular Hbond substituents is 1. The summed E-state index contributed by atoms with van der Waals surface area (Å²) in [5.74, 6) is 0.195. The Kier molecular flexibility index (Phi) is 4.22. The van der Waals surface area contributed by atoms with Crippen LogP contribution in [0.3, 0.4) is 0 Å². The molecule has 0 unspecified atom stereocenters. The van der Waals surface area contributed by atoms with Crippen molar-refractivity contribution in [3.05, 3.63) is 84.3 Å². The van der Waals surface area contributed by atoms with E-state index in [1.807, 2.05) is 43.3 Å². The molecule has 0 fully saturated rings. The van der Waals surface area contributed by atoms with Crippen LogP contribution in [0.5, 0.6) is 5.75 Å². The van der Waals surface area contributed by atoms with Crippen molar-refractivity contribution in [1.29, 1.82) is 0 Å². The number of nitrogens with one attached hydrogen (secondary N) is 1. The highest BCUT2D eigenvalue weighted by Crippen LogP contribution is 2.26. The maximum atomic E-state index is 12.9. The minimum absolute atomic E-state index is 0.0142. The summed E-state index contributed by atoms with van der Waals surface area (Å²) in [5, 5.41) is 17.3. The zero-order chi connectivity index (χ0) is 18.8. The van der Waals surface area contributed by atoms with Crippen LogP contribution in [0.4, 0.5) is 5.69 Å². The number of amides is 1. The van der Waals surface area contributed by atoms with Crippen LogP contribution in [-0.2, 0) is 0 Å². The minimum atomic E-state index is -0.386. The van der Waals surface area contributed by atoms with Crippen molar-refractivity contribution in [2.24, 2.45) is 0 Å². The number of aromatic hydroxyl groups is 1. The molecule has 0 radical (unpaired) electrons. The van der Waals surface area contributed by atoms with Crippen LogP contribution in [0, 0.1) is 6.92 Å². The average Bonchev–Trinajstić information content (AvgIpc) is 3.34. The van der Waals surface area contributed by atoms with Crippen molar-refractivity contribution in [2.45, 2.75) is 6.92 Å². The van der Waals surface area contributed by atoms with Crippen LogP contribution in [-0.4, -0.2) is 20.8 Å². The van der Waals surface area contributed by atoms with Gasteiger partial charge in [-0.05, 0) is 48.9 Å². The Labute approximate surface area is 155 Å². The van der Waals surface area contributed by atoms with Crippen molar-refractivity contribution >= 4 is 11.6 Å². The van der Waals surface area contributed by atoms with E-state index >= 15 is 0 Å². The van der Waals surface area contributed by atoms with Gasteiger partial charge in [0.1, 0.15) is 17.1 Å². The third kappa shape index (κ3) is 3.32. The molecule has 6 heteroatoms. The van der Waals surface area contributed by atoms with Gasteiger partial charge in [0.2, 0.25) is 0 Å². The Morgan fingerprint density at radius 2 is 1.89 bits per heavy atom. The van der Waals surface area contributed by atoms with Crippen LogP contribution >= 0.6 is 0 Å². The number of nitrogens with zero attached hydrogens (tertiary/aromatic N) is 2. The summed E-state index contributed by atoms with van der Waals surface area (Å²) in [5.41, 5.74) is 2.86. The fourth-order valence-corrected chi connectivity index (χ4v) is 2.79. The largest absolute Gasteiger partial charge is 0.506 e. The number of hydrogen-bond acceptors (Lipinski definition) is 4. The van der Waals surface area contributed by atoms with Gasteiger partial charge < -0.3 is 14.8 Å². The van der Waals surface area contributed by atoms with Crippen molar-refractivity contribution in [1.82, 2.24) is 9.78 Å². The summed E-state index contributed by atoms with van der Waals surface area (Å²) in [6, 6.07) is 19.6. The second kappa shape index (κ2) is 6.84. The molecule has 0 saturated carbocycles. The fourth-order valence-electron chi connectivity index (χ4n) is 2.79. The van der Waals surface area contributed by atoms with E-state index in [0.717, 1.165) is 11.3 Å². The molecule has 4 rings (SSSR count). The molecule has 27 heavy (non-hydrogen) atoms. The molecule has 0 atom stereocenters. The third-order valence-corrected chi connectivity index (χ3v) is 4.12. The number of anilines is 1. The third-order valence-electron chi connectivity index (χ3n) is 4.12. The maximum Gasteiger partial charge on any atom is 0.274 e.